The molecule has 0 radical (unpaired) electrons. The van der Waals surface area contributed by atoms with Crippen molar-refractivity contribution in [3.8, 4) is 10.6 Å². The van der Waals surface area contributed by atoms with Gasteiger partial charge in [0.1, 0.15) is 10.7 Å². The molecule has 1 atom stereocenters. The van der Waals surface area contributed by atoms with Crippen LogP contribution >= 0.6 is 22.7 Å². The van der Waals surface area contributed by atoms with Gasteiger partial charge in [-0.3, -0.25) is 4.79 Å². The molecule has 0 saturated carbocycles. The second kappa shape index (κ2) is 11.7. The summed E-state index contributed by atoms with van der Waals surface area (Å²) in [5, 5.41) is 3.77. The molecule has 1 amide bonds. The number of hydrogen-bond donors (Lipinski definition) is 1. The zero-order valence-corrected chi connectivity index (χ0v) is 23.6. The minimum Gasteiger partial charge on any atom is -0.462 e. The number of hydrogen-bond acceptors (Lipinski definition) is 9. The van der Waals surface area contributed by atoms with Crippen molar-refractivity contribution in [1.82, 2.24) is 9.97 Å². The van der Waals surface area contributed by atoms with Gasteiger partial charge in [0.15, 0.2) is 0 Å². The molecule has 0 unspecified atom stereocenters. The van der Waals surface area contributed by atoms with Crippen molar-refractivity contribution in [2.45, 2.75) is 57.3 Å². The van der Waals surface area contributed by atoms with E-state index < -0.39 is 44.5 Å². The third kappa shape index (κ3) is 6.84. The molecule has 0 aromatic carbocycles. The largest absolute Gasteiger partial charge is 0.462 e. The van der Waals surface area contributed by atoms with Gasteiger partial charge in [-0.1, -0.05) is 13.0 Å². The van der Waals surface area contributed by atoms with Crippen LogP contribution in [0.15, 0.2) is 28.7 Å². The second-order valence-corrected chi connectivity index (χ2v) is 13.2. The number of carbonyl (C=O) groups excluding carboxylic acids is 2. The van der Waals surface area contributed by atoms with E-state index >= 15 is 0 Å². The average molecular weight is 602 g/mol. The van der Waals surface area contributed by atoms with E-state index in [1.54, 1.807) is 18.4 Å². The summed E-state index contributed by atoms with van der Waals surface area (Å²) in [6.07, 6.45) is -2.90. The molecule has 1 aliphatic carbocycles. The first-order chi connectivity index (χ1) is 18.4. The van der Waals surface area contributed by atoms with Gasteiger partial charge < -0.3 is 10.1 Å². The maximum atomic E-state index is 13.4. The van der Waals surface area contributed by atoms with Crippen molar-refractivity contribution >= 4 is 49.4 Å². The number of halogens is 3. The molecule has 1 N–H and O–H groups in total. The lowest BCUT2D eigenvalue weighted by atomic mass is 9.88. The first kappa shape index (κ1) is 29.2. The smallest absolute Gasteiger partial charge is 0.433 e. The molecule has 0 bridgehead atoms. The van der Waals surface area contributed by atoms with Gasteiger partial charge >= 0.3 is 12.1 Å². The van der Waals surface area contributed by atoms with Gasteiger partial charge in [0.05, 0.1) is 28.5 Å². The van der Waals surface area contributed by atoms with E-state index in [1.165, 1.54) is 17.4 Å². The van der Waals surface area contributed by atoms with Gasteiger partial charge in [-0.05, 0) is 61.6 Å². The zero-order chi connectivity index (χ0) is 28.4. The molecule has 0 aliphatic heterocycles. The number of fused-ring (bicyclic) bond motifs is 1. The third-order valence-electron chi connectivity index (χ3n) is 6.11. The van der Waals surface area contributed by atoms with Crippen LogP contribution in [0.1, 0.15) is 59.6 Å². The van der Waals surface area contributed by atoms with Crippen molar-refractivity contribution < 1.29 is 35.9 Å². The molecule has 0 spiro atoms. The summed E-state index contributed by atoms with van der Waals surface area (Å²) in [6.45, 7) is 3.98. The number of nitrogens with zero attached hydrogens (tertiary/aromatic N) is 2. The minimum absolute atomic E-state index is 0.147. The van der Waals surface area contributed by atoms with E-state index in [4.69, 9.17) is 4.74 Å². The summed E-state index contributed by atoms with van der Waals surface area (Å²) in [7, 11) is -4.33. The minimum atomic E-state index is -4.87. The molecular weight excluding hydrogens is 575 g/mol. The second-order valence-electron chi connectivity index (χ2n) is 9.14. The number of rotatable bonds is 9. The molecule has 1 aliphatic rings. The summed E-state index contributed by atoms with van der Waals surface area (Å²) < 4.78 is 71.2. The molecule has 8 nitrogen and oxygen atoms in total. The topological polar surface area (TPSA) is 115 Å². The van der Waals surface area contributed by atoms with Crippen molar-refractivity contribution in [2.24, 2.45) is 5.92 Å². The van der Waals surface area contributed by atoms with Crippen LogP contribution in [0, 0.1) is 5.92 Å². The van der Waals surface area contributed by atoms with E-state index in [-0.39, 0.29) is 25.1 Å². The van der Waals surface area contributed by atoms with Crippen LogP contribution in [-0.4, -0.2) is 42.6 Å². The number of alkyl halides is 3. The predicted molar refractivity (Wildman–Crippen MR) is 142 cm³/mol. The number of ether oxygens (including phenoxy) is 1. The van der Waals surface area contributed by atoms with E-state index in [1.807, 2.05) is 0 Å². The van der Waals surface area contributed by atoms with Gasteiger partial charge in [-0.15, -0.1) is 22.7 Å². The van der Waals surface area contributed by atoms with E-state index in [0.717, 1.165) is 34.6 Å². The van der Waals surface area contributed by atoms with Crippen molar-refractivity contribution in [2.75, 3.05) is 17.7 Å². The molecule has 210 valence electrons. The summed E-state index contributed by atoms with van der Waals surface area (Å²) >= 11 is 2.43. The van der Waals surface area contributed by atoms with E-state index in [2.05, 4.69) is 22.2 Å². The number of carbonyl (C=O) groups is 2. The third-order valence-corrected chi connectivity index (χ3v) is 9.74. The summed E-state index contributed by atoms with van der Waals surface area (Å²) in [4.78, 5) is 33.9. The van der Waals surface area contributed by atoms with E-state index in [0.29, 0.717) is 33.8 Å². The number of thiophene rings is 2. The van der Waals surface area contributed by atoms with Gasteiger partial charge in [-0.25, -0.2) is 23.2 Å². The lowest BCUT2D eigenvalue weighted by Gasteiger charge is -2.18. The van der Waals surface area contributed by atoms with Crippen LogP contribution in [0.4, 0.5) is 18.2 Å². The van der Waals surface area contributed by atoms with E-state index in [9.17, 15) is 31.2 Å². The van der Waals surface area contributed by atoms with Crippen molar-refractivity contribution in [1.29, 1.82) is 0 Å². The fraction of sp³-hybridized carbons (Fsp3) is 0.440. The van der Waals surface area contributed by atoms with Crippen LogP contribution in [0.2, 0.25) is 0 Å². The Hall–Kier alpha value is -2.84. The molecule has 0 fully saturated rings. The van der Waals surface area contributed by atoms with Crippen LogP contribution in [0.5, 0.6) is 0 Å². The van der Waals surface area contributed by atoms with Crippen molar-refractivity contribution in [3.05, 3.63) is 45.3 Å². The summed E-state index contributed by atoms with van der Waals surface area (Å²) in [6, 6.07) is 3.85. The lowest BCUT2D eigenvalue weighted by Crippen LogP contribution is -2.19. The summed E-state index contributed by atoms with van der Waals surface area (Å²) in [5.74, 6) is -1.23. The first-order valence-corrected chi connectivity index (χ1v) is 15.6. The fourth-order valence-corrected chi connectivity index (χ4v) is 7.50. The molecule has 3 aromatic rings. The number of esters is 1. The Labute approximate surface area is 231 Å². The monoisotopic (exact) mass is 601 g/mol. The van der Waals surface area contributed by atoms with Gasteiger partial charge in [-0.2, -0.15) is 13.2 Å². The molecule has 39 heavy (non-hydrogen) atoms. The molecular formula is C25H26F3N3O5S3. The highest BCUT2D eigenvalue weighted by Gasteiger charge is 2.35. The molecule has 0 saturated heterocycles. The Morgan fingerprint density at radius 3 is 2.69 bits per heavy atom. The standard InChI is InChI=1S/C25H26F3N3O5S3/c1-3-36-23(33)21-15-9-8-14(2)12-18(15)38-22(21)31-20(32)7-5-11-39(34,35)24-29-16(17-6-4-10-37-17)13-19(30-24)25(26,27)28/h4,6,10,13-14H,3,5,7-9,11-12H2,1-2H3,(H,31,32)/t14-/m0/s1. The number of sulfone groups is 1. The SMILES string of the molecule is CCOC(=O)c1c(NC(=O)CCCS(=O)(=O)c2nc(-c3cccs3)cc(C(F)(F)F)n2)sc2c1CC[C@H](C)C2. The van der Waals surface area contributed by atoms with Gasteiger partial charge in [0, 0.05) is 11.3 Å². The Morgan fingerprint density at radius 1 is 1.26 bits per heavy atom. The zero-order valence-electron chi connectivity index (χ0n) is 21.1. The summed E-state index contributed by atoms with van der Waals surface area (Å²) in [5.41, 5.74) is -0.299. The maximum absolute atomic E-state index is 13.4. The normalized spacial score (nSPS) is 15.6. The van der Waals surface area contributed by atoms with Crippen LogP contribution in [0.25, 0.3) is 10.6 Å². The Morgan fingerprint density at radius 2 is 2.03 bits per heavy atom. The fourth-order valence-electron chi connectivity index (χ4n) is 4.22. The Kier molecular flexibility index (Phi) is 8.76. The average Bonchev–Trinajstić information content (AvgIpc) is 3.51. The molecule has 3 aromatic heterocycles. The highest BCUT2D eigenvalue weighted by Crippen LogP contribution is 2.40. The molecule has 3 heterocycles. The number of aromatic nitrogens is 2. The Bertz CT molecular complexity index is 1470. The molecule has 4 rings (SSSR count). The van der Waals surface area contributed by atoms with Gasteiger partial charge in [0.25, 0.3) is 0 Å². The van der Waals surface area contributed by atoms with Crippen LogP contribution < -0.4 is 5.32 Å². The predicted octanol–water partition coefficient (Wildman–Crippen LogP) is 5.78. The number of nitrogens with one attached hydrogen (secondary N) is 1. The van der Waals surface area contributed by atoms with Crippen LogP contribution in [-0.2, 0) is 38.4 Å². The highest BCUT2D eigenvalue weighted by molar-refractivity contribution is 7.91. The molecule has 14 heteroatoms. The first-order valence-electron chi connectivity index (χ1n) is 12.2. The van der Waals surface area contributed by atoms with Crippen LogP contribution in [0.3, 0.4) is 0 Å². The number of amides is 1. The van der Waals surface area contributed by atoms with Gasteiger partial charge in [0.2, 0.25) is 20.9 Å². The highest BCUT2D eigenvalue weighted by atomic mass is 32.2. The van der Waals surface area contributed by atoms with Crippen molar-refractivity contribution in [3.63, 3.8) is 0 Å². The maximum Gasteiger partial charge on any atom is 0.433 e. The lowest BCUT2D eigenvalue weighted by molar-refractivity contribution is -0.141. The Balaban J connectivity index is 1.48. The quantitative estimate of drug-likeness (QED) is 0.244. The number of anilines is 1.